The largest absolute Gasteiger partial charge is 0.490 e. The summed E-state index contributed by atoms with van der Waals surface area (Å²) in [4.78, 5) is 39.6. The Balaban J connectivity index is 1.45. The van der Waals surface area contributed by atoms with Gasteiger partial charge in [-0.05, 0) is 94.2 Å². The van der Waals surface area contributed by atoms with E-state index in [1.54, 1.807) is 37.3 Å². The molecule has 0 unspecified atom stereocenters. The summed E-state index contributed by atoms with van der Waals surface area (Å²) < 4.78 is 12.8. The summed E-state index contributed by atoms with van der Waals surface area (Å²) in [6.07, 6.45) is 1.47. The summed E-state index contributed by atoms with van der Waals surface area (Å²) in [6.45, 7) is 4.41. The molecule has 7 nitrogen and oxygen atoms in total. The van der Waals surface area contributed by atoms with Gasteiger partial charge in [0.15, 0.2) is 11.5 Å². The van der Waals surface area contributed by atoms with Crippen molar-refractivity contribution >= 4 is 63.0 Å². The van der Waals surface area contributed by atoms with Crippen molar-refractivity contribution in [3.63, 3.8) is 0 Å². The lowest BCUT2D eigenvalue weighted by Gasteiger charge is -2.27. The first kappa shape index (κ1) is 26.4. The summed E-state index contributed by atoms with van der Waals surface area (Å²) in [5.74, 6) is -0.376. The van der Waals surface area contributed by atoms with Crippen LogP contribution < -0.4 is 19.7 Å². The van der Waals surface area contributed by atoms with Crippen LogP contribution in [0.2, 0.25) is 0 Å². The number of carbonyl (C=O) groups is 3. The predicted octanol–water partition coefficient (Wildman–Crippen LogP) is 6.40. The van der Waals surface area contributed by atoms with Crippen LogP contribution in [0.3, 0.4) is 0 Å². The number of benzene rings is 4. The van der Waals surface area contributed by atoms with E-state index in [0.717, 1.165) is 30.4 Å². The molecule has 5 rings (SSSR count). The number of halogens is 1. The zero-order valence-electron chi connectivity index (χ0n) is 21.4. The Morgan fingerprint density at radius 1 is 0.897 bits per heavy atom. The molecule has 1 fully saturated rings. The minimum absolute atomic E-state index is 0.152. The SMILES string of the molecule is CCOc1cc(/C=C2\C(=O)NC(=O)N(c3ccccc3C)C2=O)cc(I)c1OCc1ccc2ccccc2c1. The lowest BCUT2D eigenvalue weighted by atomic mass is 10.1. The monoisotopic (exact) mass is 632 g/mol. The van der Waals surface area contributed by atoms with Gasteiger partial charge in [-0.2, -0.15) is 0 Å². The molecule has 0 aliphatic carbocycles. The highest BCUT2D eigenvalue weighted by molar-refractivity contribution is 14.1. The highest BCUT2D eigenvalue weighted by Crippen LogP contribution is 2.36. The third kappa shape index (κ3) is 5.51. The van der Waals surface area contributed by atoms with Crippen LogP contribution in [0.25, 0.3) is 16.8 Å². The second-order valence-corrected chi connectivity index (χ2v) is 10.1. The number of para-hydroxylation sites is 1. The summed E-state index contributed by atoms with van der Waals surface area (Å²) in [5, 5.41) is 4.57. The molecule has 1 saturated heterocycles. The van der Waals surface area contributed by atoms with E-state index in [9.17, 15) is 14.4 Å². The standard InChI is InChI=1S/C31H25IN2O5/c1-3-38-27-17-21(15-24-29(35)33-31(37)34(30(24)36)26-11-7-4-8-19(26)2)16-25(32)28(27)39-18-20-12-13-22-9-5-6-10-23(22)14-20/h4-17H,3,18H2,1-2H3,(H,33,35,37)/b24-15+. The molecule has 4 aromatic carbocycles. The van der Waals surface area contributed by atoms with Gasteiger partial charge in [0, 0.05) is 0 Å². The Bertz CT molecular complexity index is 1650. The molecule has 0 bridgehead atoms. The molecule has 4 amide bonds. The molecule has 0 radical (unpaired) electrons. The Morgan fingerprint density at radius 3 is 2.41 bits per heavy atom. The molecule has 1 aliphatic heterocycles. The number of aryl methyl sites for hydroxylation is 1. The van der Waals surface area contributed by atoms with Crippen molar-refractivity contribution in [1.82, 2.24) is 5.32 Å². The van der Waals surface area contributed by atoms with Crippen molar-refractivity contribution in [2.24, 2.45) is 0 Å². The van der Waals surface area contributed by atoms with Gasteiger partial charge in [0.2, 0.25) is 0 Å². The molecular formula is C31H25IN2O5. The minimum atomic E-state index is -0.779. The molecule has 0 aromatic heterocycles. The molecule has 8 heteroatoms. The third-order valence-corrected chi connectivity index (χ3v) is 7.10. The number of amides is 4. The van der Waals surface area contributed by atoms with Gasteiger partial charge in [0.05, 0.1) is 15.9 Å². The van der Waals surface area contributed by atoms with Gasteiger partial charge >= 0.3 is 6.03 Å². The number of nitrogens with one attached hydrogen (secondary N) is 1. The number of carbonyl (C=O) groups excluding carboxylic acids is 3. The van der Waals surface area contributed by atoms with E-state index >= 15 is 0 Å². The number of barbiturate groups is 1. The molecule has 0 spiro atoms. The van der Waals surface area contributed by atoms with Crippen LogP contribution in [0.15, 0.2) is 84.4 Å². The lowest BCUT2D eigenvalue weighted by molar-refractivity contribution is -0.122. The van der Waals surface area contributed by atoms with Gasteiger partial charge in [-0.1, -0.05) is 54.6 Å². The normalized spacial score (nSPS) is 14.6. The van der Waals surface area contributed by atoms with Gasteiger partial charge in [-0.15, -0.1) is 0 Å². The zero-order valence-corrected chi connectivity index (χ0v) is 23.5. The summed E-state index contributed by atoms with van der Waals surface area (Å²) >= 11 is 2.15. The first-order chi connectivity index (χ1) is 18.9. The van der Waals surface area contributed by atoms with E-state index in [2.05, 4.69) is 52.2 Å². The number of ether oxygens (including phenoxy) is 2. The molecule has 4 aromatic rings. The van der Waals surface area contributed by atoms with E-state index < -0.39 is 17.8 Å². The Kier molecular flexibility index (Phi) is 7.65. The molecule has 1 N–H and O–H groups in total. The van der Waals surface area contributed by atoms with Crippen LogP contribution in [0.1, 0.15) is 23.6 Å². The number of urea groups is 1. The van der Waals surface area contributed by atoms with Crippen molar-refractivity contribution in [1.29, 1.82) is 0 Å². The van der Waals surface area contributed by atoms with Crippen LogP contribution in [0.4, 0.5) is 10.5 Å². The van der Waals surface area contributed by atoms with E-state index in [4.69, 9.17) is 9.47 Å². The second kappa shape index (κ2) is 11.3. The maximum absolute atomic E-state index is 13.3. The lowest BCUT2D eigenvalue weighted by Crippen LogP contribution is -2.54. The number of imide groups is 2. The van der Waals surface area contributed by atoms with Gasteiger partial charge in [0.25, 0.3) is 11.8 Å². The molecular weight excluding hydrogens is 607 g/mol. The van der Waals surface area contributed by atoms with Crippen molar-refractivity contribution in [3.8, 4) is 11.5 Å². The van der Waals surface area contributed by atoms with E-state index in [1.807, 2.05) is 31.2 Å². The van der Waals surface area contributed by atoms with E-state index in [0.29, 0.717) is 36.0 Å². The fourth-order valence-electron chi connectivity index (χ4n) is 4.42. The molecule has 1 aliphatic rings. The smallest absolute Gasteiger partial charge is 0.335 e. The fraction of sp³-hybridized carbons (Fsp3) is 0.129. The minimum Gasteiger partial charge on any atom is -0.490 e. The maximum Gasteiger partial charge on any atom is 0.335 e. The number of nitrogens with zero attached hydrogens (tertiary/aromatic N) is 1. The summed E-state index contributed by atoms with van der Waals surface area (Å²) in [6, 6.07) is 24.1. The Morgan fingerprint density at radius 2 is 1.64 bits per heavy atom. The fourth-order valence-corrected chi connectivity index (χ4v) is 5.20. The number of anilines is 1. The summed E-state index contributed by atoms with van der Waals surface area (Å²) in [5.41, 5.74) is 2.58. The van der Waals surface area contributed by atoms with Gasteiger partial charge < -0.3 is 9.47 Å². The second-order valence-electron chi connectivity index (χ2n) is 8.98. The van der Waals surface area contributed by atoms with Crippen molar-refractivity contribution in [2.75, 3.05) is 11.5 Å². The van der Waals surface area contributed by atoms with Gasteiger partial charge in [-0.25, -0.2) is 9.69 Å². The van der Waals surface area contributed by atoms with E-state index in [1.165, 1.54) is 6.08 Å². The maximum atomic E-state index is 13.3. The summed E-state index contributed by atoms with van der Waals surface area (Å²) in [7, 11) is 0. The number of fused-ring (bicyclic) bond motifs is 1. The molecule has 196 valence electrons. The van der Waals surface area contributed by atoms with Crippen LogP contribution in [0, 0.1) is 10.5 Å². The van der Waals surface area contributed by atoms with Crippen LogP contribution in [0.5, 0.6) is 11.5 Å². The third-order valence-electron chi connectivity index (χ3n) is 6.30. The molecule has 1 heterocycles. The van der Waals surface area contributed by atoms with Gasteiger partial charge in [0.1, 0.15) is 12.2 Å². The van der Waals surface area contributed by atoms with Crippen LogP contribution in [-0.2, 0) is 16.2 Å². The van der Waals surface area contributed by atoms with Crippen molar-refractivity contribution in [2.45, 2.75) is 20.5 Å². The van der Waals surface area contributed by atoms with Crippen LogP contribution in [-0.4, -0.2) is 24.5 Å². The quantitative estimate of drug-likeness (QED) is 0.145. The first-order valence-corrected chi connectivity index (χ1v) is 13.5. The molecule has 0 atom stereocenters. The highest BCUT2D eigenvalue weighted by Gasteiger charge is 2.37. The average molecular weight is 632 g/mol. The Hall–Kier alpha value is -4.18. The topological polar surface area (TPSA) is 84.9 Å². The van der Waals surface area contributed by atoms with Crippen LogP contribution >= 0.6 is 22.6 Å². The van der Waals surface area contributed by atoms with Gasteiger partial charge in [-0.3, -0.25) is 14.9 Å². The van der Waals surface area contributed by atoms with Crippen molar-refractivity contribution in [3.05, 3.63) is 105 Å². The molecule has 39 heavy (non-hydrogen) atoms. The van der Waals surface area contributed by atoms with Crippen molar-refractivity contribution < 1.29 is 23.9 Å². The van der Waals surface area contributed by atoms with E-state index in [-0.39, 0.29) is 5.57 Å². The first-order valence-electron chi connectivity index (χ1n) is 12.4. The number of rotatable bonds is 7. The zero-order chi connectivity index (χ0) is 27.5. The number of hydrogen-bond acceptors (Lipinski definition) is 5. The highest BCUT2D eigenvalue weighted by atomic mass is 127. The average Bonchev–Trinajstić information content (AvgIpc) is 2.91. The number of hydrogen-bond donors (Lipinski definition) is 1. The Labute approximate surface area is 239 Å². The molecule has 0 saturated carbocycles. The predicted molar refractivity (Wildman–Crippen MR) is 159 cm³/mol.